The molecule has 3 aromatic rings. The Morgan fingerprint density at radius 3 is 2.63 bits per heavy atom. The summed E-state index contributed by atoms with van der Waals surface area (Å²) in [4.78, 5) is 4.31. The van der Waals surface area contributed by atoms with Gasteiger partial charge in [0, 0.05) is 11.8 Å². The van der Waals surface area contributed by atoms with Crippen LogP contribution in [0.25, 0.3) is 11.3 Å². The van der Waals surface area contributed by atoms with Crippen LogP contribution in [0.3, 0.4) is 0 Å². The van der Waals surface area contributed by atoms with E-state index >= 15 is 0 Å². The normalized spacial score (nSPS) is 15.2. The first kappa shape index (κ1) is 17.3. The van der Waals surface area contributed by atoms with Gasteiger partial charge in [0.25, 0.3) is 0 Å². The lowest BCUT2D eigenvalue weighted by Gasteiger charge is -2.42. The van der Waals surface area contributed by atoms with Crippen molar-refractivity contribution in [2.75, 3.05) is 5.32 Å². The molecule has 0 bridgehead atoms. The lowest BCUT2D eigenvalue weighted by molar-refractivity contribution is -0.0517. The van der Waals surface area contributed by atoms with Gasteiger partial charge >= 0.3 is 6.61 Å². The highest BCUT2D eigenvalue weighted by atomic mass is 19.3. The molecule has 2 heterocycles. The summed E-state index contributed by atoms with van der Waals surface area (Å²) < 4.78 is 30.2. The maximum atomic E-state index is 12.7. The molecule has 0 unspecified atom stereocenters. The summed E-state index contributed by atoms with van der Waals surface area (Å²) >= 11 is 0. The molecule has 1 aliphatic carbocycles. The number of rotatable bonds is 6. The Kier molecular flexibility index (Phi) is 4.66. The molecule has 1 saturated carbocycles. The number of pyridine rings is 1. The number of aromatic nitrogens is 3. The molecule has 1 aromatic carbocycles. The van der Waals surface area contributed by atoms with Gasteiger partial charge in [0.2, 0.25) is 0 Å². The molecular formula is C20H17F2N4O. The molecule has 0 aliphatic heterocycles. The number of alkyl halides is 2. The fourth-order valence-corrected chi connectivity index (χ4v) is 3.24. The van der Waals surface area contributed by atoms with Crippen LogP contribution >= 0.6 is 0 Å². The molecule has 0 atom stereocenters. The Balaban J connectivity index is 1.59. The second-order valence-electron chi connectivity index (χ2n) is 6.39. The summed E-state index contributed by atoms with van der Waals surface area (Å²) in [5.41, 5.74) is 1.55. The average molecular weight is 367 g/mol. The van der Waals surface area contributed by atoms with Crippen LogP contribution in [-0.4, -0.2) is 21.8 Å². The number of anilines is 1. The number of nitrogens with one attached hydrogen (secondary N) is 1. The highest BCUT2D eigenvalue weighted by Crippen LogP contribution is 2.46. The summed E-state index contributed by atoms with van der Waals surface area (Å²) in [6, 6.07) is 17.3. The number of ether oxygens (including phenoxy) is 1. The van der Waals surface area contributed by atoms with Gasteiger partial charge in [-0.2, -0.15) is 8.78 Å². The van der Waals surface area contributed by atoms with E-state index in [0.29, 0.717) is 11.5 Å². The second-order valence-corrected chi connectivity index (χ2v) is 6.39. The van der Waals surface area contributed by atoms with E-state index in [2.05, 4.69) is 31.3 Å². The largest absolute Gasteiger partial charge is 0.433 e. The van der Waals surface area contributed by atoms with Gasteiger partial charge in [0.05, 0.1) is 11.2 Å². The monoisotopic (exact) mass is 367 g/mol. The molecule has 1 N–H and O–H groups in total. The van der Waals surface area contributed by atoms with Crippen LogP contribution in [-0.2, 0) is 5.54 Å². The van der Waals surface area contributed by atoms with Crippen molar-refractivity contribution in [3.8, 4) is 17.0 Å². The van der Waals surface area contributed by atoms with Gasteiger partial charge in [0.15, 0.2) is 0 Å². The van der Waals surface area contributed by atoms with Gasteiger partial charge < -0.3 is 10.1 Å². The van der Waals surface area contributed by atoms with Gasteiger partial charge in [0.1, 0.15) is 17.3 Å². The number of nitrogens with zero attached hydrogens (tertiary/aromatic N) is 3. The van der Waals surface area contributed by atoms with Crippen LogP contribution in [0.5, 0.6) is 5.75 Å². The molecular weight excluding hydrogens is 350 g/mol. The molecule has 1 radical (unpaired) electrons. The summed E-state index contributed by atoms with van der Waals surface area (Å²) in [5, 5.41) is 11.8. The summed E-state index contributed by atoms with van der Waals surface area (Å²) in [6.45, 7) is -2.90. The molecule has 2 aromatic heterocycles. The van der Waals surface area contributed by atoms with Gasteiger partial charge in [-0.25, -0.2) is 0 Å². The highest BCUT2D eigenvalue weighted by molar-refractivity contribution is 5.59. The zero-order valence-electron chi connectivity index (χ0n) is 14.4. The maximum Gasteiger partial charge on any atom is 0.387 e. The van der Waals surface area contributed by atoms with Crippen molar-refractivity contribution in [2.45, 2.75) is 31.4 Å². The van der Waals surface area contributed by atoms with E-state index in [1.165, 1.54) is 6.07 Å². The fourth-order valence-electron chi connectivity index (χ4n) is 3.24. The van der Waals surface area contributed by atoms with Crippen molar-refractivity contribution in [2.24, 2.45) is 0 Å². The van der Waals surface area contributed by atoms with E-state index in [0.717, 1.165) is 30.5 Å². The minimum absolute atomic E-state index is 0.0871. The summed E-state index contributed by atoms with van der Waals surface area (Å²) in [5.74, 6) is 0.649. The van der Waals surface area contributed by atoms with Gasteiger partial charge in [-0.3, -0.25) is 4.98 Å². The smallest absolute Gasteiger partial charge is 0.387 e. The van der Waals surface area contributed by atoms with Crippen LogP contribution in [0.4, 0.5) is 14.6 Å². The summed E-state index contributed by atoms with van der Waals surface area (Å²) in [6.07, 6.45) is 4.04. The van der Waals surface area contributed by atoms with Gasteiger partial charge in [-0.05, 0) is 55.7 Å². The van der Waals surface area contributed by atoms with E-state index in [-0.39, 0.29) is 5.75 Å². The van der Waals surface area contributed by atoms with E-state index in [1.54, 1.807) is 12.3 Å². The third kappa shape index (κ3) is 3.58. The van der Waals surface area contributed by atoms with Gasteiger partial charge in [-0.1, -0.05) is 18.2 Å². The van der Waals surface area contributed by atoms with E-state index in [4.69, 9.17) is 0 Å². The molecule has 27 heavy (non-hydrogen) atoms. The van der Waals surface area contributed by atoms with Crippen molar-refractivity contribution in [3.05, 3.63) is 66.5 Å². The Morgan fingerprint density at radius 2 is 2.00 bits per heavy atom. The lowest BCUT2D eigenvalue weighted by Crippen LogP contribution is -2.43. The minimum Gasteiger partial charge on any atom is -0.433 e. The predicted octanol–water partition coefficient (Wildman–Crippen LogP) is 4.43. The molecule has 0 saturated heterocycles. The molecule has 7 heteroatoms. The van der Waals surface area contributed by atoms with Crippen LogP contribution in [0.1, 0.15) is 25.0 Å². The van der Waals surface area contributed by atoms with Crippen LogP contribution in [0.2, 0.25) is 0 Å². The van der Waals surface area contributed by atoms with E-state index in [9.17, 15) is 8.78 Å². The molecule has 4 rings (SSSR count). The third-order valence-electron chi connectivity index (χ3n) is 4.68. The molecule has 1 aliphatic rings. The molecule has 0 amide bonds. The van der Waals surface area contributed by atoms with Crippen molar-refractivity contribution >= 4 is 5.82 Å². The first-order valence-corrected chi connectivity index (χ1v) is 8.65. The van der Waals surface area contributed by atoms with Gasteiger partial charge in [-0.15, -0.1) is 10.2 Å². The summed E-state index contributed by atoms with van der Waals surface area (Å²) in [7, 11) is 0. The first-order chi connectivity index (χ1) is 13.2. The molecule has 5 nitrogen and oxygen atoms in total. The van der Waals surface area contributed by atoms with Crippen LogP contribution in [0, 0.1) is 6.07 Å². The zero-order chi connectivity index (χ0) is 18.7. The van der Waals surface area contributed by atoms with Crippen molar-refractivity contribution in [1.29, 1.82) is 0 Å². The molecule has 0 spiro atoms. The number of hydrogen-bond acceptors (Lipinski definition) is 5. The SMILES string of the molecule is FC(F)Oc1cccnc1C1(Nc2ccc(-c3c[c]ccc3)nn2)CCC1. The van der Waals surface area contributed by atoms with Crippen molar-refractivity contribution in [1.82, 2.24) is 15.2 Å². The average Bonchev–Trinajstić information content (AvgIpc) is 2.66. The Morgan fingerprint density at radius 1 is 1.11 bits per heavy atom. The standard InChI is InChI=1S/C20H17F2N4O/c21-19(22)27-16-8-4-13-23-18(16)20(11-5-12-20)24-17-10-9-15(25-26-17)14-6-2-1-3-7-14/h1-2,4,6-10,13,19H,5,11-12H2,(H,24,26). The topological polar surface area (TPSA) is 59.9 Å². The van der Waals surface area contributed by atoms with Crippen molar-refractivity contribution in [3.63, 3.8) is 0 Å². The Bertz CT molecular complexity index is 899. The lowest BCUT2D eigenvalue weighted by atomic mass is 9.73. The quantitative estimate of drug-likeness (QED) is 0.698. The second kappa shape index (κ2) is 7.26. The molecule has 137 valence electrons. The molecule has 1 fully saturated rings. The van der Waals surface area contributed by atoms with Crippen molar-refractivity contribution < 1.29 is 13.5 Å². The van der Waals surface area contributed by atoms with E-state index < -0.39 is 12.2 Å². The fraction of sp³-hybridized carbons (Fsp3) is 0.250. The highest BCUT2D eigenvalue weighted by Gasteiger charge is 2.43. The third-order valence-corrected chi connectivity index (χ3v) is 4.68. The van der Waals surface area contributed by atoms with Crippen LogP contribution < -0.4 is 10.1 Å². The predicted molar refractivity (Wildman–Crippen MR) is 96.3 cm³/mol. The minimum atomic E-state index is -2.90. The van der Waals surface area contributed by atoms with E-state index in [1.807, 2.05) is 36.4 Å². The first-order valence-electron chi connectivity index (χ1n) is 8.65. The maximum absolute atomic E-state index is 12.7. The Hall–Kier alpha value is -3.09. The Labute approximate surface area is 155 Å². The zero-order valence-corrected chi connectivity index (χ0v) is 14.4. The number of benzene rings is 1. The van der Waals surface area contributed by atoms with Crippen LogP contribution in [0.15, 0.2) is 54.7 Å². The number of hydrogen-bond donors (Lipinski definition) is 1. The number of halogens is 2.